The molecule has 0 radical (unpaired) electrons. The normalized spacial score (nSPS) is 11.5. The van der Waals surface area contributed by atoms with Crippen LogP contribution in [0.1, 0.15) is 38.3 Å². The Morgan fingerprint density at radius 1 is 1.35 bits per heavy atom. The van der Waals surface area contributed by atoms with Gasteiger partial charge in [-0.15, -0.1) is 0 Å². The first kappa shape index (κ1) is 18.9. The third-order valence-corrected chi connectivity index (χ3v) is 2.98. The van der Waals surface area contributed by atoms with E-state index >= 15 is 0 Å². The SMILES string of the molecule is CCNC(=NCc1ccc(F)c(C)c1)NCCC(=O)OC(C)C. The van der Waals surface area contributed by atoms with E-state index in [0.29, 0.717) is 31.2 Å². The van der Waals surface area contributed by atoms with Gasteiger partial charge in [-0.05, 0) is 44.9 Å². The molecule has 1 aromatic rings. The Balaban J connectivity index is 2.52. The Hall–Kier alpha value is -2.11. The number of hydrogen-bond donors (Lipinski definition) is 2. The number of hydrogen-bond acceptors (Lipinski definition) is 3. The van der Waals surface area contributed by atoms with E-state index in [1.54, 1.807) is 19.1 Å². The standard InChI is InChI=1S/C17H26FN3O2/c1-5-19-17(20-9-8-16(22)23-12(2)3)21-11-14-6-7-15(18)13(4)10-14/h6-7,10,12H,5,8-9,11H2,1-4H3,(H2,19,20,21). The van der Waals surface area contributed by atoms with Gasteiger partial charge in [0.1, 0.15) is 5.82 Å². The van der Waals surface area contributed by atoms with E-state index in [1.165, 1.54) is 6.07 Å². The van der Waals surface area contributed by atoms with Gasteiger partial charge in [0.15, 0.2) is 5.96 Å². The van der Waals surface area contributed by atoms with Crippen molar-refractivity contribution in [2.75, 3.05) is 13.1 Å². The maximum Gasteiger partial charge on any atom is 0.307 e. The lowest BCUT2D eigenvalue weighted by molar-refractivity contribution is -0.147. The number of carbonyl (C=O) groups is 1. The number of esters is 1. The van der Waals surface area contributed by atoms with Gasteiger partial charge in [-0.3, -0.25) is 4.79 Å². The third-order valence-electron chi connectivity index (χ3n) is 2.98. The van der Waals surface area contributed by atoms with E-state index in [0.717, 1.165) is 5.56 Å². The molecule has 128 valence electrons. The number of nitrogens with zero attached hydrogens (tertiary/aromatic N) is 1. The molecule has 2 N–H and O–H groups in total. The molecule has 6 heteroatoms. The Bertz CT molecular complexity index is 545. The second-order valence-electron chi connectivity index (χ2n) is 5.49. The van der Waals surface area contributed by atoms with Crippen LogP contribution >= 0.6 is 0 Å². The molecule has 0 saturated carbocycles. The minimum Gasteiger partial charge on any atom is -0.463 e. The molecular weight excluding hydrogens is 297 g/mol. The fraction of sp³-hybridized carbons (Fsp3) is 0.529. The largest absolute Gasteiger partial charge is 0.463 e. The monoisotopic (exact) mass is 323 g/mol. The highest BCUT2D eigenvalue weighted by Gasteiger charge is 2.06. The van der Waals surface area contributed by atoms with E-state index in [4.69, 9.17) is 4.74 Å². The lowest BCUT2D eigenvalue weighted by Crippen LogP contribution is -2.38. The van der Waals surface area contributed by atoms with Crippen LogP contribution in [-0.2, 0) is 16.1 Å². The van der Waals surface area contributed by atoms with Gasteiger partial charge in [0.25, 0.3) is 0 Å². The number of ether oxygens (including phenoxy) is 1. The predicted molar refractivity (Wildman–Crippen MR) is 89.8 cm³/mol. The van der Waals surface area contributed by atoms with Gasteiger partial charge in [-0.2, -0.15) is 0 Å². The average molecular weight is 323 g/mol. The fourth-order valence-electron chi connectivity index (χ4n) is 1.92. The van der Waals surface area contributed by atoms with E-state index in [-0.39, 0.29) is 24.3 Å². The summed E-state index contributed by atoms with van der Waals surface area (Å²) >= 11 is 0. The smallest absolute Gasteiger partial charge is 0.307 e. The van der Waals surface area contributed by atoms with Gasteiger partial charge in [-0.25, -0.2) is 9.38 Å². The van der Waals surface area contributed by atoms with Crippen molar-refractivity contribution in [1.82, 2.24) is 10.6 Å². The number of halogens is 1. The summed E-state index contributed by atoms with van der Waals surface area (Å²) in [6.07, 6.45) is 0.171. The minimum atomic E-state index is -0.238. The van der Waals surface area contributed by atoms with Crippen LogP contribution in [0.15, 0.2) is 23.2 Å². The van der Waals surface area contributed by atoms with Crippen LogP contribution in [0.3, 0.4) is 0 Å². The first-order chi connectivity index (χ1) is 10.9. The summed E-state index contributed by atoms with van der Waals surface area (Å²) in [5.41, 5.74) is 1.53. The highest BCUT2D eigenvalue weighted by Crippen LogP contribution is 2.09. The minimum absolute atomic E-state index is 0.105. The molecule has 0 bridgehead atoms. The summed E-state index contributed by atoms with van der Waals surface area (Å²) in [4.78, 5) is 15.9. The summed E-state index contributed by atoms with van der Waals surface area (Å²) in [6.45, 7) is 8.93. The van der Waals surface area contributed by atoms with E-state index in [2.05, 4.69) is 15.6 Å². The molecule has 0 fully saturated rings. The molecule has 0 spiro atoms. The van der Waals surface area contributed by atoms with Crippen LogP contribution in [-0.4, -0.2) is 31.1 Å². The van der Waals surface area contributed by atoms with Crippen LogP contribution < -0.4 is 10.6 Å². The van der Waals surface area contributed by atoms with E-state index in [9.17, 15) is 9.18 Å². The summed E-state index contributed by atoms with van der Waals surface area (Å²) in [5, 5.41) is 6.19. The summed E-state index contributed by atoms with van der Waals surface area (Å²) in [5.74, 6) is 0.163. The molecule has 5 nitrogen and oxygen atoms in total. The molecule has 1 rings (SSSR count). The molecule has 0 unspecified atom stereocenters. The molecule has 0 amide bonds. The molecule has 0 aliphatic rings. The van der Waals surface area contributed by atoms with Crippen molar-refractivity contribution in [3.05, 3.63) is 35.1 Å². The maximum absolute atomic E-state index is 13.2. The van der Waals surface area contributed by atoms with Crippen LogP contribution in [0.25, 0.3) is 0 Å². The Morgan fingerprint density at radius 3 is 2.70 bits per heavy atom. The summed E-state index contributed by atoms with van der Waals surface area (Å²) < 4.78 is 18.3. The number of benzene rings is 1. The van der Waals surface area contributed by atoms with Crippen molar-refractivity contribution in [2.24, 2.45) is 4.99 Å². The molecule has 23 heavy (non-hydrogen) atoms. The van der Waals surface area contributed by atoms with Crippen molar-refractivity contribution >= 4 is 11.9 Å². The van der Waals surface area contributed by atoms with Gasteiger partial charge in [0.2, 0.25) is 0 Å². The van der Waals surface area contributed by atoms with E-state index < -0.39 is 0 Å². The van der Waals surface area contributed by atoms with Gasteiger partial charge in [0, 0.05) is 13.1 Å². The molecule has 0 heterocycles. The van der Waals surface area contributed by atoms with Crippen molar-refractivity contribution in [2.45, 2.75) is 46.8 Å². The average Bonchev–Trinajstić information content (AvgIpc) is 2.47. The topological polar surface area (TPSA) is 62.7 Å². The molecule has 0 saturated heterocycles. The number of nitrogens with one attached hydrogen (secondary N) is 2. The quantitative estimate of drug-likeness (QED) is 0.460. The van der Waals surface area contributed by atoms with Crippen LogP contribution in [0.5, 0.6) is 0 Å². The second kappa shape index (κ2) is 9.82. The Kier molecular flexibility index (Phi) is 8.08. The maximum atomic E-state index is 13.2. The lowest BCUT2D eigenvalue weighted by Gasteiger charge is -2.12. The van der Waals surface area contributed by atoms with Crippen molar-refractivity contribution < 1.29 is 13.9 Å². The van der Waals surface area contributed by atoms with Crippen LogP contribution in [0, 0.1) is 12.7 Å². The number of aliphatic imine (C=N–C) groups is 1. The first-order valence-corrected chi connectivity index (χ1v) is 7.89. The van der Waals surface area contributed by atoms with Crippen molar-refractivity contribution in [1.29, 1.82) is 0 Å². The number of carbonyl (C=O) groups excluding carboxylic acids is 1. The van der Waals surface area contributed by atoms with E-state index in [1.807, 2.05) is 20.8 Å². The van der Waals surface area contributed by atoms with Crippen LogP contribution in [0.2, 0.25) is 0 Å². The molecule has 1 aromatic carbocycles. The zero-order valence-corrected chi connectivity index (χ0v) is 14.3. The van der Waals surface area contributed by atoms with Crippen molar-refractivity contribution in [3.8, 4) is 0 Å². The molecular formula is C17H26FN3O2. The van der Waals surface area contributed by atoms with Crippen molar-refractivity contribution in [3.63, 3.8) is 0 Å². The predicted octanol–water partition coefficient (Wildman–Crippen LogP) is 2.53. The summed E-state index contributed by atoms with van der Waals surface area (Å²) in [7, 11) is 0. The Labute approximate surface area is 137 Å². The van der Waals surface area contributed by atoms with Gasteiger partial charge in [-0.1, -0.05) is 12.1 Å². The zero-order chi connectivity index (χ0) is 17.2. The number of aryl methyl sites for hydroxylation is 1. The zero-order valence-electron chi connectivity index (χ0n) is 14.3. The lowest BCUT2D eigenvalue weighted by atomic mass is 10.1. The third kappa shape index (κ3) is 7.63. The number of guanidine groups is 1. The fourth-order valence-corrected chi connectivity index (χ4v) is 1.92. The second-order valence-corrected chi connectivity index (χ2v) is 5.49. The summed E-state index contributed by atoms with van der Waals surface area (Å²) in [6, 6.07) is 4.94. The first-order valence-electron chi connectivity index (χ1n) is 7.89. The van der Waals surface area contributed by atoms with Gasteiger partial charge >= 0.3 is 5.97 Å². The molecule has 0 aliphatic heterocycles. The molecule has 0 aromatic heterocycles. The van der Waals surface area contributed by atoms with Crippen LogP contribution in [0.4, 0.5) is 4.39 Å². The Morgan fingerprint density at radius 2 is 2.09 bits per heavy atom. The highest BCUT2D eigenvalue weighted by atomic mass is 19.1. The molecule has 0 aliphatic carbocycles. The van der Waals surface area contributed by atoms with Gasteiger partial charge < -0.3 is 15.4 Å². The number of rotatable bonds is 7. The molecule has 0 atom stereocenters. The van der Waals surface area contributed by atoms with Gasteiger partial charge in [0.05, 0.1) is 19.1 Å². The highest BCUT2D eigenvalue weighted by molar-refractivity contribution is 5.80.